The molecular formula is C27H29FN6O5S. The van der Waals surface area contributed by atoms with Gasteiger partial charge in [-0.05, 0) is 38.5 Å². The molecule has 0 aliphatic rings. The maximum absolute atomic E-state index is 14.4. The molecule has 11 nitrogen and oxygen atoms in total. The lowest BCUT2D eigenvalue weighted by molar-refractivity contribution is -0.122. The van der Waals surface area contributed by atoms with Gasteiger partial charge in [-0.25, -0.2) is 13.8 Å². The third kappa shape index (κ3) is 5.45. The van der Waals surface area contributed by atoms with Gasteiger partial charge in [-0.3, -0.25) is 14.2 Å². The number of hydrogen-bond acceptors (Lipinski definition) is 9. The molecule has 0 radical (unpaired) electrons. The third-order valence-corrected chi connectivity index (χ3v) is 7.87. The Kier molecular flexibility index (Phi) is 8.91. The molecule has 13 heteroatoms. The van der Waals surface area contributed by atoms with Crippen molar-refractivity contribution < 1.29 is 18.7 Å². The number of carbonyl (C=O) groups excluding carboxylic acids is 1. The van der Waals surface area contributed by atoms with Crippen LogP contribution in [0.3, 0.4) is 0 Å². The van der Waals surface area contributed by atoms with Crippen LogP contribution in [0.1, 0.15) is 56.4 Å². The number of aryl methyl sites for hydroxylation is 1. The highest BCUT2D eigenvalue weighted by Crippen LogP contribution is 2.34. The Bertz CT molecular complexity index is 1680. The summed E-state index contributed by atoms with van der Waals surface area (Å²) in [5.74, 6) is -0.454. The Morgan fingerprint density at radius 2 is 1.98 bits per heavy atom. The van der Waals surface area contributed by atoms with Gasteiger partial charge in [-0.15, -0.1) is 4.80 Å². The van der Waals surface area contributed by atoms with Gasteiger partial charge >= 0.3 is 5.69 Å². The maximum atomic E-state index is 14.4. The number of nitriles is 1. The van der Waals surface area contributed by atoms with Crippen LogP contribution >= 0.6 is 11.3 Å². The van der Waals surface area contributed by atoms with E-state index >= 15 is 0 Å². The van der Waals surface area contributed by atoms with Crippen molar-refractivity contribution in [1.82, 2.24) is 24.1 Å². The first-order valence-corrected chi connectivity index (χ1v) is 13.5. The predicted molar refractivity (Wildman–Crippen MR) is 146 cm³/mol. The zero-order valence-electron chi connectivity index (χ0n) is 22.6. The fraction of sp³-hybridized carbons (Fsp3) is 0.407. The fourth-order valence-electron chi connectivity index (χ4n) is 4.58. The Hall–Kier alpha value is -4.15. The number of rotatable bonds is 12. The van der Waals surface area contributed by atoms with Crippen LogP contribution in [-0.2, 0) is 16.1 Å². The predicted octanol–water partition coefficient (Wildman–Crippen LogP) is 3.86. The van der Waals surface area contributed by atoms with Gasteiger partial charge in [0.1, 0.15) is 27.5 Å². The van der Waals surface area contributed by atoms with Gasteiger partial charge in [-0.1, -0.05) is 18.3 Å². The van der Waals surface area contributed by atoms with E-state index in [2.05, 4.69) is 10.2 Å². The van der Waals surface area contributed by atoms with E-state index in [0.717, 1.165) is 15.9 Å². The van der Waals surface area contributed by atoms with Gasteiger partial charge in [0.15, 0.2) is 5.78 Å². The van der Waals surface area contributed by atoms with Crippen LogP contribution < -0.4 is 16.0 Å². The first kappa shape index (κ1) is 28.8. The number of halogens is 1. The molecule has 3 aromatic heterocycles. The molecule has 4 rings (SSSR count). The summed E-state index contributed by atoms with van der Waals surface area (Å²) in [5, 5.41) is 18.2. The van der Waals surface area contributed by atoms with Crippen LogP contribution in [-0.4, -0.2) is 43.6 Å². The van der Waals surface area contributed by atoms with E-state index in [9.17, 15) is 18.8 Å². The second kappa shape index (κ2) is 12.4. The van der Waals surface area contributed by atoms with Gasteiger partial charge in [-0.2, -0.15) is 15.5 Å². The Labute approximate surface area is 233 Å². The molecule has 0 saturated heterocycles. The van der Waals surface area contributed by atoms with E-state index in [1.165, 1.54) is 54.0 Å². The van der Waals surface area contributed by atoms with Crippen LogP contribution in [0.5, 0.6) is 5.75 Å². The number of nitrogens with zero attached hydrogens (tertiary/aromatic N) is 6. The lowest BCUT2D eigenvalue weighted by Crippen LogP contribution is -2.44. The summed E-state index contributed by atoms with van der Waals surface area (Å²) in [6.07, 6.45) is 2.90. The summed E-state index contributed by atoms with van der Waals surface area (Å²) in [4.78, 5) is 42.4. The highest BCUT2D eigenvalue weighted by Gasteiger charge is 2.28. The van der Waals surface area contributed by atoms with E-state index in [1.807, 2.05) is 13.0 Å². The van der Waals surface area contributed by atoms with E-state index in [1.54, 1.807) is 6.92 Å². The molecule has 0 N–H and O–H groups in total. The van der Waals surface area contributed by atoms with Gasteiger partial charge in [0.05, 0.1) is 56.6 Å². The molecule has 0 aliphatic heterocycles. The zero-order chi connectivity index (χ0) is 29.0. The standard InChI is InChI=1S/C27H29FN6O5S/c1-5-7-20(35)17(3)33-24(36)23-16(2)25(34-30-11-12-31-34)40-26(23)32(27(33)37)15-22(39-13-6-10-29)19-14-18(28)8-9-21(19)38-4/h8-9,11-12,14,17,22H,5-7,13,15H2,1-4H3/t17-,22-/m0/s1. The molecule has 3 heterocycles. The van der Waals surface area contributed by atoms with Gasteiger partial charge in [0, 0.05) is 17.5 Å². The van der Waals surface area contributed by atoms with E-state index in [-0.39, 0.29) is 37.2 Å². The molecule has 0 unspecified atom stereocenters. The van der Waals surface area contributed by atoms with Crippen molar-refractivity contribution in [2.45, 2.75) is 58.7 Å². The van der Waals surface area contributed by atoms with Gasteiger partial charge in [0.25, 0.3) is 5.56 Å². The lowest BCUT2D eigenvalue weighted by Gasteiger charge is -2.23. The molecule has 2 atom stereocenters. The average Bonchev–Trinajstić information content (AvgIpc) is 3.58. The monoisotopic (exact) mass is 568 g/mol. The van der Waals surface area contributed by atoms with Crippen LogP contribution in [0.4, 0.5) is 4.39 Å². The van der Waals surface area contributed by atoms with Gasteiger partial charge < -0.3 is 9.47 Å². The van der Waals surface area contributed by atoms with Crippen molar-refractivity contribution in [3.63, 3.8) is 0 Å². The van der Waals surface area contributed by atoms with Crippen LogP contribution in [0.15, 0.2) is 40.2 Å². The molecule has 0 saturated carbocycles. The topological polar surface area (TPSA) is 134 Å². The minimum Gasteiger partial charge on any atom is -0.496 e. The quantitative estimate of drug-likeness (QED) is 0.235. The van der Waals surface area contributed by atoms with Crippen molar-refractivity contribution in [1.29, 1.82) is 5.26 Å². The Balaban J connectivity index is 1.99. The number of fused-ring (bicyclic) bond motifs is 1. The number of aromatic nitrogens is 5. The first-order valence-electron chi connectivity index (χ1n) is 12.7. The third-order valence-electron chi connectivity index (χ3n) is 6.59. The molecular weight excluding hydrogens is 539 g/mol. The number of methoxy groups -OCH3 is 1. The number of hydrogen-bond donors (Lipinski definition) is 0. The second-order valence-corrected chi connectivity index (χ2v) is 10.1. The summed E-state index contributed by atoms with van der Waals surface area (Å²) < 4.78 is 28.1. The fourth-order valence-corrected chi connectivity index (χ4v) is 5.80. The zero-order valence-corrected chi connectivity index (χ0v) is 23.4. The van der Waals surface area contributed by atoms with Crippen molar-refractivity contribution in [2.75, 3.05) is 13.7 Å². The van der Waals surface area contributed by atoms with E-state index < -0.39 is 29.2 Å². The van der Waals surface area contributed by atoms with Crippen LogP contribution in [0, 0.1) is 24.1 Å². The minimum atomic E-state index is -1.01. The highest BCUT2D eigenvalue weighted by molar-refractivity contribution is 7.21. The number of thiophene rings is 1. The maximum Gasteiger partial charge on any atom is 0.332 e. The minimum absolute atomic E-state index is 0.00960. The van der Waals surface area contributed by atoms with E-state index in [0.29, 0.717) is 33.1 Å². The Morgan fingerprint density at radius 3 is 2.62 bits per heavy atom. The molecule has 1 aromatic carbocycles. The molecule has 0 bridgehead atoms. The summed E-state index contributed by atoms with van der Waals surface area (Å²) in [6, 6.07) is 4.94. The summed E-state index contributed by atoms with van der Waals surface area (Å²) in [5.41, 5.74) is -0.426. The Morgan fingerprint density at radius 1 is 1.25 bits per heavy atom. The average molecular weight is 569 g/mol. The van der Waals surface area contributed by atoms with Crippen LogP contribution in [0.25, 0.3) is 15.2 Å². The van der Waals surface area contributed by atoms with E-state index in [4.69, 9.17) is 14.7 Å². The number of Topliss-reactive ketones (excluding diaryl/α,β-unsaturated/α-hetero) is 1. The molecule has 0 amide bonds. The first-order chi connectivity index (χ1) is 19.2. The van der Waals surface area contributed by atoms with Gasteiger partial charge in [0.2, 0.25) is 0 Å². The SMILES string of the molecule is CCCC(=O)[C@H](C)n1c(=O)c2c(C)c(-n3nccn3)sc2n(C[C@H](OCCC#N)c2cc(F)ccc2OC)c1=O. The van der Waals surface area contributed by atoms with Crippen LogP contribution in [0.2, 0.25) is 0 Å². The summed E-state index contributed by atoms with van der Waals surface area (Å²) in [6.45, 7) is 4.96. The van der Waals surface area contributed by atoms with Crippen molar-refractivity contribution in [3.8, 4) is 16.8 Å². The second-order valence-electron chi connectivity index (χ2n) is 9.15. The molecule has 210 valence electrons. The molecule has 0 aliphatic carbocycles. The highest BCUT2D eigenvalue weighted by atomic mass is 32.1. The number of ketones is 1. The summed E-state index contributed by atoms with van der Waals surface area (Å²) in [7, 11) is 1.43. The normalized spacial score (nSPS) is 12.8. The van der Waals surface area contributed by atoms with Crippen molar-refractivity contribution >= 4 is 27.3 Å². The molecule has 0 spiro atoms. The lowest BCUT2D eigenvalue weighted by atomic mass is 10.1. The largest absolute Gasteiger partial charge is 0.496 e. The number of ether oxygens (including phenoxy) is 2. The number of carbonyl (C=O) groups is 1. The smallest absolute Gasteiger partial charge is 0.332 e. The summed E-state index contributed by atoms with van der Waals surface area (Å²) >= 11 is 1.14. The number of benzene rings is 1. The molecule has 40 heavy (non-hydrogen) atoms. The molecule has 0 fully saturated rings. The molecule has 4 aromatic rings. The van der Waals surface area contributed by atoms with Crippen molar-refractivity contribution in [2.24, 2.45) is 0 Å². The van der Waals surface area contributed by atoms with Crippen molar-refractivity contribution in [3.05, 3.63) is 68.4 Å².